The molecule has 1 unspecified atom stereocenters. The number of carbonyl (C=O) groups excluding carboxylic acids is 3. The largest absolute Gasteiger partial charge is 0.494 e. The third-order valence-corrected chi connectivity index (χ3v) is 13.9. The molecule has 14 nitrogen and oxygen atoms in total. The van der Waals surface area contributed by atoms with E-state index in [-0.39, 0.29) is 18.2 Å². The number of carbonyl (C=O) groups is 2. The molecule has 318 valence electrons. The third-order valence-electron chi connectivity index (χ3n) is 12.1. The van der Waals surface area contributed by atoms with Crippen molar-refractivity contribution in [1.82, 2.24) is 30.0 Å². The van der Waals surface area contributed by atoms with Gasteiger partial charge in [0, 0.05) is 87.4 Å². The monoisotopic (exact) mass is 863 g/mol. The molecular weight excluding hydrogens is 813 g/mol. The van der Waals surface area contributed by atoms with Gasteiger partial charge in [0.05, 0.1) is 24.7 Å². The number of aromatic nitrogens is 2. The van der Waals surface area contributed by atoms with Crippen molar-refractivity contribution in [3.05, 3.63) is 94.6 Å². The zero-order chi connectivity index (χ0) is 42.7. The normalized spacial score (nSPS) is 19.2. The van der Waals surface area contributed by atoms with Crippen LogP contribution in [-0.4, -0.2) is 121 Å². The number of nitrogens with one attached hydrogen (secondary N) is 3. The standard InChI is InChI=1S/C45H51ClN9O5P/c1-60-40-26-32(13-14-36(40)49-45-47-27-35(46)43(51-45)48-37-11-4-5-12-41(37)61(2,3)59)53-20-17-31(18-21-53)54-24-22-52(23-25-54)19-7-9-30-8-6-10-33-34(30)28-55(39(33)29-56)38-15-16-42(57)50-44(38)58/h4-14,26-27,31,38H,15-25,28H2,1-3H3,(H,50,57,58)(H2,47,48,49,51)/b9-7-. The summed E-state index contributed by atoms with van der Waals surface area (Å²) in [7, 11) is -0.896. The van der Waals surface area contributed by atoms with E-state index in [2.05, 4.69) is 70.8 Å². The van der Waals surface area contributed by atoms with E-state index in [0.29, 0.717) is 52.9 Å². The molecule has 0 bridgehead atoms. The first-order valence-electron chi connectivity index (χ1n) is 20.7. The summed E-state index contributed by atoms with van der Waals surface area (Å²) < 4.78 is 18.7. The number of fused-ring (bicyclic) bond motifs is 1. The van der Waals surface area contributed by atoms with Crippen LogP contribution in [-0.2, 0) is 25.5 Å². The Labute approximate surface area is 361 Å². The van der Waals surface area contributed by atoms with Crippen LogP contribution in [0, 0.1) is 0 Å². The summed E-state index contributed by atoms with van der Waals surface area (Å²) >= 11 is 6.49. The molecule has 0 radical (unpaired) electrons. The van der Waals surface area contributed by atoms with E-state index >= 15 is 0 Å². The number of hydrogen-bond acceptors (Lipinski definition) is 13. The Morgan fingerprint density at radius 1 is 0.967 bits per heavy atom. The number of ether oxygens (including phenoxy) is 1. The molecular formula is C45H51ClN9O5P. The van der Waals surface area contributed by atoms with E-state index in [0.717, 1.165) is 92.0 Å². The summed E-state index contributed by atoms with van der Waals surface area (Å²) in [6.45, 7) is 10.7. The Hall–Kier alpha value is -5.49. The molecule has 3 aromatic carbocycles. The van der Waals surface area contributed by atoms with Gasteiger partial charge in [-0.05, 0) is 68.0 Å². The van der Waals surface area contributed by atoms with Crippen molar-refractivity contribution in [2.45, 2.75) is 44.3 Å². The van der Waals surface area contributed by atoms with E-state index in [4.69, 9.17) is 16.3 Å². The molecule has 3 fully saturated rings. The number of piperidine rings is 2. The second-order valence-electron chi connectivity index (χ2n) is 16.3. The highest BCUT2D eigenvalue weighted by Crippen LogP contribution is 2.40. The quantitative estimate of drug-likeness (QED) is 0.0873. The Morgan fingerprint density at radius 3 is 2.49 bits per heavy atom. The van der Waals surface area contributed by atoms with Gasteiger partial charge in [-0.15, -0.1) is 0 Å². The highest BCUT2D eigenvalue weighted by atomic mass is 35.5. The number of imide groups is 1. The number of anilines is 5. The smallest absolute Gasteiger partial charge is 0.249 e. The zero-order valence-electron chi connectivity index (χ0n) is 34.7. The van der Waals surface area contributed by atoms with Crippen molar-refractivity contribution in [1.29, 1.82) is 0 Å². The number of nitrogens with zero attached hydrogens (tertiary/aromatic N) is 6. The van der Waals surface area contributed by atoms with Crippen LogP contribution in [0.25, 0.3) is 11.8 Å². The van der Waals surface area contributed by atoms with Crippen molar-refractivity contribution in [2.75, 3.05) is 81.8 Å². The molecule has 4 aromatic rings. The van der Waals surface area contributed by atoms with E-state index in [1.54, 1.807) is 25.3 Å². The number of halogens is 1. The van der Waals surface area contributed by atoms with E-state index < -0.39 is 13.2 Å². The molecule has 4 aliphatic rings. The summed E-state index contributed by atoms with van der Waals surface area (Å²) in [6, 6.07) is 19.4. The molecule has 61 heavy (non-hydrogen) atoms. The number of amides is 2. The van der Waals surface area contributed by atoms with Crippen molar-refractivity contribution in [3.8, 4) is 5.75 Å². The van der Waals surface area contributed by atoms with E-state index in [9.17, 15) is 18.9 Å². The molecule has 3 N–H and O–H groups in total. The summed E-state index contributed by atoms with van der Waals surface area (Å²) in [5.41, 5.74) is 5.72. The van der Waals surface area contributed by atoms with Gasteiger partial charge < -0.3 is 29.7 Å². The van der Waals surface area contributed by atoms with Gasteiger partial charge in [-0.2, -0.15) is 4.98 Å². The number of rotatable bonds is 12. The predicted molar refractivity (Wildman–Crippen MR) is 242 cm³/mol. The maximum Gasteiger partial charge on any atom is 0.249 e. The van der Waals surface area contributed by atoms with Crippen LogP contribution in [0.1, 0.15) is 42.4 Å². The lowest BCUT2D eigenvalue weighted by atomic mass is 10.0. The van der Waals surface area contributed by atoms with Crippen molar-refractivity contribution in [3.63, 3.8) is 0 Å². The summed E-state index contributed by atoms with van der Waals surface area (Å²) in [6.07, 6.45) is 8.64. The molecule has 1 atom stereocenters. The molecule has 0 spiro atoms. The molecule has 5 heterocycles. The van der Waals surface area contributed by atoms with Gasteiger partial charge in [0.1, 0.15) is 29.7 Å². The fourth-order valence-corrected chi connectivity index (χ4v) is 10.1. The fourth-order valence-electron chi connectivity index (χ4n) is 8.84. The minimum absolute atomic E-state index is 0.255. The SMILES string of the molecule is COc1cc(N2CCC(N3CCN(C/C=C\c4cccc5c4CN(C4CCC(=O)NC4=O)C5=C=O)CC3)CC2)ccc1Nc1ncc(Cl)c(Nc2ccccc2P(C)(C)=O)n1. The van der Waals surface area contributed by atoms with Crippen molar-refractivity contribution >= 4 is 82.4 Å². The van der Waals surface area contributed by atoms with E-state index in [1.165, 1.54) is 6.20 Å². The van der Waals surface area contributed by atoms with Gasteiger partial charge in [0.2, 0.25) is 17.8 Å². The molecule has 2 amide bonds. The van der Waals surface area contributed by atoms with Gasteiger partial charge >= 0.3 is 0 Å². The molecule has 4 aliphatic heterocycles. The Morgan fingerprint density at radius 2 is 1.75 bits per heavy atom. The van der Waals surface area contributed by atoms with Crippen molar-refractivity contribution < 1.29 is 23.7 Å². The zero-order valence-corrected chi connectivity index (χ0v) is 36.3. The molecule has 16 heteroatoms. The Bertz CT molecular complexity index is 2440. The summed E-state index contributed by atoms with van der Waals surface area (Å²) in [4.78, 5) is 54.8. The Kier molecular flexibility index (Phi) is 12.6. The predicted octanol–water partition coefficient (Wildman–Crippen LogP) is 5.97. The molecule has 1 aromatic heterocycles. The maximum absolute atomic E-state index is 12.9. The van der Waals surface area contributed by atoms with Crippen LogP contribution < -0.4 is 30.9 Å². The van der Waals surface area contributed by atoms with Gasteiger partial charge in [-0.25, -0.2) is 9.78 Å². The van der Waals surface area contributed by atoms with Crippen molar-refractivity contribution in [2.24, 2.45) is 0 Å². The first-order chi connectivity index (χ1) is 29.5. The van der Waals surface area contributed by atoms with Gasteiger partial charge in [-0.1, -0.05) is 54.1 Å². The first-order valence-corrected chi connectivity index (χ1v) is 23.7. The second-order valence-corrected chi connectivity index (χ2v) is 19.9. The average molecular weight is 864 g/mol. The number of hydrogen-bond donors (Lipinski definition) is 3. The lowest BCUT2D eigenvalue weighted by Crippen LogP contribution is -2.53. The topological polar surface area (TPSA) is 152 Å². The molecule has 3 saturated heterocycles. The van der Waals surface area contributed by atoms with Gasteiger partial charge in [0.25, 0.3) is 0 Å². The van der Waals surface area contributed by atoms with Crippen LogP contribution in [0.4, 0.5) is 28.8 Å². The van der Waals surface area contributed by atoms with Crippen LogP contribution in [0.5, 0.6) is 5.75 Å². The lowest BCUT2D eigenvalue weighted by Gasteiger charge is -2.43. The molecule has 8 rings (SSSR count). The van der Waals surface area contributed by atoms with Crippen LogP contribution in [0.15, 0.2) is 72.9 Å². The van der Waals surface area contributed by atoms with Crippen LogP contribution in [0.3, 0.4) is 0 Å². The maximum atomic E-state index is 12.9. The number of para-hydroxylation sites is 1. The average Bonchev–Trinajstić information content (AvgIpc) is 3.64. The third kappa shape index (κ3) is 9.39. The molecule has 0 aliphatic carbocycles. The summed E-state index contributed by atoms with van der Waals surface area (Å²) in [5.74, 6) is 2.85. The van der Waals surface area contributed by atoms with Crippen LogP contribution in [0.2, 0.25) is 5.02 Å². The van der Waals surface area contributed by atoms with Gasteiger partial charge in [0.15, 0.2) is 11.8 Å². The highest BCUT2D eigenvalue weighted by Gasteiger charge is 2.38. The minimum Gasteiger partial charge on any atom is -0.494 e. The first kappa shape index (κ1) is 42.2. The van der Waals surface area contributed by atoms with Gasteiger partial charge in [-0.3, -0.25) is 24.7 Å². The number of methoxy groups -OCH3 is 1. The highest BCUT2D eigenvalue weighted by molar-refractivity contribution is 7.70. The minimum atomic E-state index is -2.55. The second kappa shape index (κ2) is 18.2. The van der Waals surface area contributed by atoms with E-state index in [1.807, 2.05) is 48.5 Å². The Balaban J connectivity index is 0.821. The fraction of sp³-hybridized carbons (Fsp3) is 0.378. The lowest BCUT2D eigenvalue weighted by molar-refractivity contribution is -0.136. The number of piperazine rings is 1. The summed E-state index contributed by atoms with van der Waals surface area (Å²) in [5, 5.41) is 10.0. The van der Waals surface area contributed by atoms with Crippen LogP contribution >= 0.6 is 18.7 Å². The number of benzene rings is 3. The molecule has 0 saturated carbocycles.